The number of piperazine rings is 1. The van der Waals surface area contributed by atoms with Crippen LogP contribution in [0.2, 0.25) is 0 Å². The van der Waals surface area contributed by atoms with E-state index in [1.807, 2.05) is 11.8 Å². The van der Waals surface area contributed by atoms with Crippen molar-refractivity contribution in [1.29, 1.82) is 0 Å². The molecule has 1 atom stereocenters. The zero-order chi connectivity index (χ0) is 22.4. The Bertz CT molecular complexity index is 924. The molecule has 10 heteroatoms. The fraction of sp³-hybridized carbons (Fsp3) is 0.381. The first-order chi connectivity index (χ1) is 14.9. The van der Waals surface area contributed by atoms with E-state index in [4.69, 9.17) is 0 Å². The first kappa shape index (κ1) is 22.4. The van der Waals surface area contributed by atoms with Crippen LogP contribution in [0.5, 0.6) is 0 Å². The summed E-state index contributed by atoms with van der Waals surface area (Å²) in [5, 5.41) is 23.7. The summed E-state index contributed by atoms with van der Waals surface area (Å²) in [6.07, 6.45) is 0.813. The van der Waals surface area contributed by atoms with Gasteiger partial charge in [-0.2, -0.15) is 0 Å². The molecule has 166 valence electrons. The Labute approximate surface area is 179 Å². The molecule has 1 aliphatic heterocycles. The molecule has 1 aromatic carbocycles. The molecule has 31 heavy (non-hydrogen) atoms. The molecule has 2 aromatic rings. The summed E-state index contributed by atoms with van der Waals surface area (Å²) in [5.74, 6) is -0.543. The number of aryl methyl sites for hydroxylation is 1. The standard InChI is InChI=1S/C21H26FN5O4/c1-14-5-6-16(11-23-14)24-20(29)25-18-4-2-3-15(19(18)22)12-26-8-9-27(21(30)31)17(13-26)7-10-28/h2-6,11,17,28H,7-10,12-13H2,1H3,(H,30,31)(H2,24,25,29). The van der Waals surface area contributed by atoms with Gasteiger partial charge in [0.05, 0.1) is 17.6 Å². The van der Waals surface area contributed by atoms with Crippen LogP contribution in [0.25, 0.3) is 0 Å². The lowest BCUT2D eigenvalue weighted by molar-refractivity contribution is 0.0535. The predicted molar refractivity (Wildman–Crippen MR) is 114 cm³/mol. The van der Waals surface area contributed by atoms with Gasteiger partial charge in [0.2, 0.25) is 0 Å². The number of rotatable bonds is 6. The highest BCUT2D eigenvalue weighted by atomic mass is 19.1. The molecule has 1 aromatic heterocycles. The van der Waals surface area contributed by atoms with Gasteiger partial charge in [-0.3, -0.25) is 9.88 Å². The minimum atomic E-state index is -1.02. The molecule has 2 heterocycles. The van der Waals surface area contributed by atoms with E-state index in [0.717, 1.165) is 5.69 Å². The second-order valence-corrected chi connectivity index (χ2v) is 7.42. The summed E-state index contributed by atoms with van der Waals surface area (Å²) in [6, 6.07) is 7.28. The highest BCUT2D eigenvalue weighted by Gasteiger charge is 2.30. The molecule has 0 saturated carbocycles. The Morgan fingerprint density at radius 3 is 2.71 bits per heavy atom. The molecule has 9 nitrogen and oxygen atoms in total. The number of aliphatic hydroxyl groups is 1. The molecule has 0 bridgehead atoms. The van der Waals surface area contributed by atoms with E-state index in [9.17, 15) is 19.8 Å². The van der Waals surface area contributed by atoms with Crippen molar-refractivity contribution in [3.63, 3.8) is 0 Å². The largest absolute Gasteiger partial charge is 0.465 e. The number of benzene rings is 1. The van der Waals surface area contributed by atoms with Gasteiger partial charge in [-0.1, -0.05) is 12.1 Å². The number of carboxylic acid groups (broad SMARTS) is 1. The van der Waals surface area contributed by atoms with E-state index in [0.29, 0.717) is 30.8 Å². The van der Waals surface area contributed by atoms with Crippen molar-refractivity contribution in [3.05, 3.63) is 53.6 Å². The Morgan fingerprint density at radius 2 is 2.03 bits per heavy atom. The fourth-order valence-corrected chi connectivity index (χ4v) is 3.58. The maximum Gasteiger partial charge on any atom is 0.407 e. The second kappa shape index (κ2) is 10.2. The number of carbonyl (C=O) groups excluding carboxylic acids is 1. The molecule has 4 N–H and O–H groups in total. The van der Waals surface area contributed by atoms with Gasteiger partial charge in [0.25, 0.3) is 0 Å². The van der Waals surface area contributed by atoms with Crippen LogP contribution in [-0.2, 0) is 6.54 Å². The summed E-state index contributed by atoms with van der Waals surface area (Å²) in [5.41, 5.74) is 1.74. The number of anilines is 2. The number of carbonyl (C=O) groups is 2. The normalized spacial score (nSPS) is 16.7. The van der Waals surface area contributed by atoms with Crippen LogP contribution in [0.3, 0.4) is 0 Å². The lowest BCUT2D eigenvalue weighted by atomic mass is 10.1. The first-order valence-electron chi connectivity index (χ1n) is 9.98. The first-order valence-corrected chi connectivity index (χ1v) is 9.98. The summed E-state index contributed by atoms with van der Waals surface area (Å²) in [6.45, 7) is 3.10. The van der Waals surface area contributed by atoms with Crippen molar-refractivity contribution in [2.75, 3.05) is 36.9 Å². The van der Waals surface area contributed by atoms with Crippen LogP contribution in [0, 0.1) is 12.7 Å². The number of nitrogens with one attached hydrogen (secondary N) is 2. The Balaban J connectivity index is 1.64. The topological polar surface area (TPSA) is 118 Å². The number of hydrogen-bond acceptors (Lipinski definition) is 5. The van der Waals surface area contributed by atoms with Crippen LogP contribution in [0.1, 0.15) is 17.7 Å². The molecule has 1 saturated heterocycles. The SMILES string of the molecule is Cc1ccc(NC(=O)Nc2cccc(CN3CCN(C(=O)O)C(CCO)C3)c2F)cn1. The minimum absolute atomic E-state index is 0.0474. The van der Waals surface area contributed by atoms with Crippen molar-refractivity contribution < 1.29 is 24.2 Å². The molecule has 1 unspecified atom stereocenters. The van der Waals surface area contributed by atoms with Gasteiger partial charge in [-0.25, -0.2) is 14.0 Å². The number of pyridine rings is 1. The van der Waals surface area contributed by atoms with E-state index in [1.165, 1.54) is 17.2 Å². The van der Waals surface area contributed by atoms with Gasteiger partial charge in [-0.15, -0.1) is 0 Å². The molecule has 3 rings (SSSR count). The number of nitrogens with zero attached hydrogens (tertiary/aromatic N) is 3. The zero-order valence-corrected chi connectivity index (χ0v) is 17.2. The lowest BCUT2D eigenvalue weighted by Gasteiger charge is -2.39. The molecule has 1 fully saturated rings. The second-order valence-electron chi connectivity index (χ2n) is 7.42. The number of aliphatic hydroxyl groups excluding tert-OH is 1. The quantitative estimate of drug-likeness (QED) is 0.559. The van der Waals surface area contributed by atoms with Crippen molar-refractivity contribution in [3.8, 4) is 0 Å². The smallest absolute Gasteiger partial charge is 0.407 e. The Kier molecular flexibility index (Phi) is 7.37. The molecular weight excluding hydrogens is 405 g/mol. The minimum Gasteiger partial charge on any atom is -0.465 e. The number of hydrogen-bond donors (Lipinski definition) is 4. The average molecular weight is 431 g/mol. The summed E-state index contributed by atoms with van der Waals surface area (Å²) < 4.78 is 15.0. The maximum absolute atomic E-state index is 15.0. The molecule has 1 aliphatic rings. The summed E-state index contributed by atoms with van der Waals surface area (Å²) in [4.78, 5) is 30.9. The van der Waals surface area contributed by atoms with Crippen molar-refractivity contribution >= 4 is 23.5 Å². The van der Waals surface area contributed by atoms with Crippen LogP contribution in [0.15, 0.2) is 36.5 Å². The van der Waals surface area contributed by atoms with Gasteiger partial charge in [0, 0.05) is 50.1 Å². The third-order valence-corrected chi connectivity index (χ3v) is 5.16. The van der Waals surface area contributed by atoms with E-state index in [-0.39, 0.29) is 31.4 Å². The average Bonchev–Trinajstić information content (AvgIpc) is 2.73. The Morgan fingerprint density at radius 1 is 1.23 bits per heavy atom. The van der Waals surface area contributed by atoms with Gasteiger partial charge in [-0.05, 0) is 31.5 Å². The highest BCUT2D eigenvalue weighted by Crippen LogP contribution is 2.22. The van der Waals surface area contributed by atoms with Crippen molar-refractivity contribution in [1.82, 2.24) is 14.8 Å². The van der Waals surface area contributed by atoms with Crippen molar-refractivity contribution in [2.24, 2.45) is 0 Å². The predicted octanol–water partition coefficient (Wildman–Crippen LogP) is 2.72. The van der Waals surface area contributed by atoms with E-state index in [2.05, 4.69) is 15.6 Å². The third-order valence-electron chi connectivity index (χ3n) is 5.16. The fourth-order valence-electron chi connectivity index (χ4n) is 3.58. The van der Waals surface area contributed by atoms with E-state index in [1.54, 1.807) is 24.3 Å². The summed E-state index contributed by atoms with van der Waals surface area (Å²) >= 11 is 0. The van der Waals surface area contributed by atoms with Gasteiger partial charge < -0.3 is 25.7 Å². The van der Waals surface area contributed by atoms with Gasteiger partial charge in [0.15, 0.2) is 5.82 Å². The third kappa shape index (κ3) is 5.89. The molecule has 0 radical (unpaired) electrons. The molecular formula is C21H26FN5O4. The molecule has 0 aliphatic carbocycles. The number of aromatic nitrogens is 1. The van der Waals surface area contributed by atoms with Crippen molar-refractivity contribution in [2.45, 2.75) is 25.9 Å². The van der Waals surface area contributed by atoms with Crippen LogP contribution in [-0.4, -0.2) is 69.4 Å². The summed E-state index contributed by atoms with van der Waals surface area (Å²) in [7, 11) is 0. The Hall–Kier alpha value is -3.24. The van der Waals surface area contributed by atoms with Crippen LogP contribution < -0.4 is 10.6 Å². The van der Waals surface area contributed by atoms with E-state index >= 15 is 4.39 Å². The van der Waals surface area contributed by atoms with E-state index < -0.39 is 17.9 Å². The monoisotopic (exact) mass is 431 g/mol. The zero-order valence-electron chi connectivity index (χ0n) is 17.2. The number of urea groups is 1. The van der Waals surface area contributed by atoms with Crippen LogP contribution >= 0.6 is 0 Å². The molecule has 3 amide bonds. The van der Waals surface area contributed by atoms with Gasteiger partial charge >= 0.3 is 12.1 Å². The lowest BCUT2D eigenvalue weighted by Crippen LogP contribution is -2.54. The maximum atomic E-state index is 15.0. The highest BCUT2D eigenvalue weighted by molar-refractivity contribution is 5.99. The number of amides is 3. The van der Waals surface area contributed by atoms with Crippen LogP contribution in [0.4, 0.5) is 25.4 Å². The number of halogens is 1. The van der Waals surface area contributed by atoms with Gasteiger partial charge in [0.1, 0.15) is 0 Å². The molecule has 0 spiro atoms.